The summed E-state index contributed by atoms with van der Waals surface area (Å²) in [5, 5.41) is 11.8. The van der Waals surface area contributed by atoms with Gasteiger partial charge >= 0.3 is 5.97 Å². The number of ether oxygens (including phenoxy) is 1. The van der Waals surface area contributed by atoms with Crippen molar-refractivity contribution in [1.29, 1.82) is 0 Å². The van der Waals surface area contributed by atoms with Gasteiger partial charge in [0.25, 0.3) is 0 Å². The lowest BCUT2D eigenvalue weighted by Gasteiger charge is -2.28. The van der Waals surface area contributed by atoms with Gasteiger partial charge in [-0.15, -0.1) is 0 Å². The maximum atomic E-state index is 10.8. The van der Waals surface area contributed by atoms with Crippen molar-refractivity contribution in [3.8, 4) is 0 Å². The molecule has 1 aromatic rings. The molecule has 1 aromatic heterocycles. The molecule has 0 radical (unpaired) electrons. The largest absolute Gasteiger partial charge is 0.480 e. The number of rotatable bonds is 4. The maximum absolute atomic E-state index is 10.8. The first-order valence-electron chi connectivity index (χ1n) is 6.24. The molecule has 7 heteroatoms. The number of carboxylic acids is 1. The zero-order valence-corrected chi connectivity index (χ0v) is 11.1. The Bertz CT molecular complexity index is 460. The predicted octanol–water partition coefficient (Wildman–Crippen LogP) is 0.507. The van der Waals surface area contributed by atoms with Gasteiger partial charge in [-0.3, -0.25) is 4.79 Å². The van der Waals surface area contributed by atoms with Crippen LogP contribution in [0.15, 0.2) is 6.07 Å². The summed E-state index contributed by atoms with van der Waals surface area (Å²) in [6, 6.07) is 1.09. The average Bonchev–Trinajstić information content (AvgIpc) is 2.39. The van der Waals surface area contributed by atoms with E-state index in [1.54, 1.807) is 19.9 Å². The van der Waals surface area contributed by atoms with Gasteiger partial charge in [-0.25, -0.2) is 9.97 Å². The molecule has 1 aliphatic rings. The summed E-state index contributed by atoms with van der Waals surface area (Å²) >= 11 is 0. The number of carbonyl (C=O) groups is 1. The normalized spacial score (nSPS) is 17.1. The highest BCUT2D eigenvalue weighted by Gasteiger charge is 2.16. The quantitative estimate of drug-likeness (QED) is 0.820. The first-order chi connectivity index (χ1) is 9.06. The minimum Gasteiger partial charge on any atom is -0.480 e. The Hall–Kier alpha value is -1.89. The molecule has 1 aliphatic heterocycles. The van der Waals surface area contributed by atoms with Gasteiger partial charge in [-0.05, 0) is 13.8 Å². The number of aliphatic carboxylic acids is 1. The fourth-order valence-electron chi connectivity index (χ4n) is 1.86. The van der Waals surface area contributed by atoms with Crippen LogP contribution in [0.4, 0.5) is 11.6 Å². The first kappa shape index (κ1) is 13.5. The van der Waals surface area contributed by atoms with Crippen molar-refractivity contribution >= 4 is 17.6 Å². The van der Waals surface area contributed by atoms with E-state index < -0.39 is 12.0 Å². The number of aryl methyl sites for hydroxylation is 1. The smallest absolute Gasteiger partial charge is 0.325 e. The third-order valence-electron chi connectivity index (χ3n) is 2.89. The first-order valence-corrected chi connectivity index (χ1v) is 6.24. The van der Waals surface area contributed by atoms with Gasteiger partial charge in [-0.2, -0.15) is 0 Å². The summed E-state index contributed by atoms with van der Waals surface area (Å²) in [6.07, 6.45) is 0. The van der Waals surface area contributed by atoms with Crippen molar-refractivity contribution in [2.75, 3.05) is 36.5 Å². The second-order valence-corrected chi connectivity index (χ2v) is 4.46. The molecule has 0 spiro atoms. The van der Waals surface area contributed by atoms with Crippen molar-refractivity contribution in [3.05, 3.63) is 11.9 Å². The molecule has 1 saturated heterocycles. The molecular formula is C12H18N4O3. The van der Waals surface area contributed by atoms with E-state index in [1.165, 1.54) is 0 Å². The zero-order valence-electron chi connectivity index (χ0n) is 11.1. The molecule has 1 unspecified atom stereocenters. The van der Waals surface area contributed by atoms with Crippen LogP contribution >= 0.6 is 0 Å². The van der Waals surface area contributed by atoms with E-state index >= 15 is 0 Å². The standard InChI is InChI=1S/C12H18N4O3/c1-8(12(17)18)13-10-7-11(15-9(2)14-10)16-3-5-19-6-4-16/h7-8H,3-6H2,1-2H3,(H,17,18)(H,13,14,15). The fraction of sp³-hybridized carbons (Fsp3) is 0.583. The van der Waals surface area contributed by atoms with E-state index in [-0.39, 0.29) is 0 Å². The molecule has 0 bridgehead atoms. The summed E-state index contributed by atoms with van der Waals surface area (Å²) < 4.78 is 5.30. The molecule has 2 N–H and O–H groups in total. The van der Waals surface area contributed by atoms with Crippen LogP contribution in [-0.2, 0) is 9.53 Å². The number of nitrogens with zero attached hydrogens (tertiary/aromatic N) is 3. The molecule has 0 aliphatic carbocycles. The minimum atomic E-state index is -0.913. The number of anilines is 2. The highest BCUT2D eigenvalue weighted by atomic mass is 16.5. The van der Waals surface area contributed by atoms with Gasteiger partial charge < -0.3 is 20.1 Å². The SMILES string of the molecule is Cc1nc(NC(C)C(=O)O)cc(N2CCOCC2)n1. The summed E-state index contributed by atoms with van der Waals surface area (Å²) in [5.41, 5.74) is 0. The predicted molar refractivity (Wildman–Crippen MR) is 70.5 cm³/mol. The molecule has 2 heterocycles. The Labute approximate surface area is 111 Å². The molecule has 19 heavy (non-hydrogen) atoms. The number of morpholine rings is 1. The van der Waals surface area contributed by atoms with Gasteiger partial charge in [0, 0.05) is 19.2 Å². The summed E-state index contributed by atoms with van der Waals surface area (Å²) in [6.45, 7) is 6.29. The van der Waals surface area contributed by atoms with Crippen LogP contribution in [0, 0.1) is 6.92 Å². The second-order valence-electron chi connectivity index (χ2n) is 4.46. The maximum Gasteiger partial charge on any atom is 0.325 e. The molecule has 104 valence electrons. The van der Waals surface area contributed by atoms with Crippen LogP contribution in [0.1, 0.15) is 12.7 Å². The van der Waals surface area contributed by atoms with E-state index in [0.29, 0.717) is 24.9 Å². The van der Waals surface area contributed by atoms with Gasteiger partial charge in [-0.1, -0.05) is 0 Å². The molecule has 0 amide bonds. The Morgan fingerprint density at radius 3 is 2.79 bits per heavy atom. The van der Waals surface area contributed by atoms with Crippen molar-refractivity contribution < 1.29 is 14.6 Å². The molecule has 1 atom stereocenters. The highest BCUT2D eigenvalue weighted by molar-refractivity contribution is 5.76. The lowest BCUT2D eigenvalue weighted by Crippen LogP contribution is -2.37. The molecule has 1 fully saturated rings. The van der Waals surface area contributed by atoms with Crippen molar-refractivity contribution in [1.82, 2.24) is 9.97 Å². The van der Waals surface area contributed by atoms with Gasteiger partial charge in [0.1, 0.15) is 23.5 Å². The third-order valence-corrected chi connectivity index (χ3v) is 2.89. The number of hydrogen-bond acceptors (Lipinski definition) is 6. The van der Waals surface area contributed by atoms with Crippen LogP contribution in [0.3, 0.4) is 0 Å². The average molecular weight is 266 g/mol. The number of hydrogen-bond donors (Lipinski definition) is 2. The van der Waals surface area contributed by atoms with Crippen LogP contribution in [-0.4, -0.2) is 53.4 Å². The van der Waals surface area contributed by atoms with E-state index in [0.717, 1.165) is 18.9 Å². The molecular weight excluding hydrogens is 248 g/mol. The van der Waals surface area contributed by atoms with Crippen molar-refractivity contribution in [2.24, 2.45) is 0 Å². The Balaban J connectivity index is 2.16. The van der Waals surface area contributed by atoms with Gasteiger partial charge in [0.15, 0.2) is 0 Å². The van der Waals surface area contributed by atoms with E-state index in [4.69, 9.17) is 9.84 Å². The van der Waals surface area contributed by atoms with E-state index in [9.17, 15) is 4.79 Å². The topological polar surface area (TPSA) is 87.6 Å². The van der Waals surface area contributed by atoms with Crippen LogP contribution in [0.5, 0.6) is 0 Å². The molecule has 7 nitrogen and oxygen atoms in total. The molecule has 0 aromatic carbocycles. The summed E-state index contributed by atoms with van der Waals surface area (Å²) in [4.78, 5) is 21.5. The monoisotopic (exact) mass is 266 g/mol. The highest BCUT2D eigenvalue weighted by Crippen LogP contribution is 2.17. The number of aromatic nitrogens is 2. The van der Waals surface area contributed by atoms with Crippen molar-refractivity contribution in [2.45, 2.75) is 19.9 Å². The van der Waals surface area contributed by atoms with Gasteiger partial charge in [0.2, 0.25) is 0 Å². The Morgan fingerprint density at radius 1 is 1.47 bits per heavy atom. The van der Waals surface area contributed by atoms with Crippen LogP contribution < -0.4 is 10.2 Å². The third kappa shape index (κ3) is 3.54. The van der Waals surface area contributed by atoms with Crippen LogP contribution in [0.2, 0.25) is 0 Å². The van der Waals surface area contributed by atoms with Crippen molar-refractivity contribution in [3.63, 3.8) is 0 Å². The van der Waals surface area contributed by atoms with Crippen LogP contribution in [0.25, 0.3) is 0 Å². The minimum absolute atomic E-state index is 0.531. The van der Waals surface area contributed by atoms with E-state index in [1.807, 2.05) is 0 Å². The molecule has 0 saturated carbocycles. The zero-order chi connectivity index (χ0) is 13.8. The van der Waals surface area contributed by atoms with Gasteiger partial charge in [0.05, 0.1) is 13.2 Å². The lowest BCUT2D eigenvalue weighted by atomic mass is 10.3. The summed E-state index contributed by atoms with van der Waals surface area (Å²) in [5.74, 6) is 1.04. The lowest BCUT2D eigenvalue weighted by molar-refractivity contribution is -0.137. The number of carboxylic acid groups (broad SMARTS) is 1. The Morgan fingerprint density at radius 2 is 2.16 bits per heavy atom. The van der Waals surface area contributed by atoms with E-state index in [2.05, 4.69) is 20.2 Å². The molecule has 2 rings (SSSR count). The number of nitrogens with one attached hydrogen (secondary N) is 1. The Kier molecular flexibility index (Phi) is 4.16. The fourth-order valence-corrected chi connectivity index (χ4v) is 1.86. The summed E-state index contributed by atoms with van der Waals surface area (Å²) in [7, 11) is 0. The second kappa shape index (κ2) is 5.83.